The number of para-hydroxylation sites is 1. The number of H-pyrrole nitrogens is 1. The summed E-state index contributed by atoms with van der Waals surface area (Å²) >= 11 is 4.88. The molecular weight excluding hydrogens is 386 g/mol. The van der Waals surface area contributed by atoms with E-state index in [-0.39, 0.29) is 5.56 Å². The zero-order valence-electron chi connectivity index (χ0n) is 12.3. The van der Waals surface area contributed by atoms with Crippen LogP contribution in [-0.4, -0.2) is 14.4 Å². The van der Waals surface area contributed by atoms with Crippen molar-refractivity contribution in [2.75, 3.05) is 0 Å². The topological polar surface area (TPSA) is 50.2 Å². The molecule has 1 N–H and O–H groups in total. The molecule has 3 aromatic heterocycles. The molecule has 0 radical (unpaired) electrons. The van der Waals surface area contributed by atoms with Crippen molar-refractivity contribution < 1.29 is 0 Å². The van der Waals surface area contributed by atoms with E-state index < -0.39 is 0 Å². The van der Waals surface area contributed by atoms with Crippen molar-refractivity contribution in [3.05, 3.63) is 73.6 Å². The van der Waals surface area contributed by atoms with Gasteiger partial charge in [-0.15, -0.1) is 0 Å². The molecule has 0 atom stereocenters. The summed E-state index contributed by atoms with van der Waals surface area (Å²) in [5.74, 6) is 0. The third kappa shape index (κ3) is 1.96. The summed E-state index contributed by atoms with van der Waals surface area (Å²) in [5.41, 5.74) is 3.71. The van der Waals surface area contributed by atoms with Crippen LogP contribution in [0, 0.1) is 0 Å². The van der Waals surface area contributed by atoms with Crippen molar-refractivity contribution in [1.82, 2.24) is 14.4 Å². The van der Waals surface area contributed by atoms with Crippen molar-refractivity contribution in [2.45, 2.75) is 0 Å². The van der Waals surface area contributed by atoms with Gasteiger partial charge in [-0.05, 0) is 30.3 Å². The Hall–Kier alpha value is -2.44. The number of fused-ring (bicyclic) bond motifs is 4. The van der Waals surface area contributed by atoms with Gasteiger partial charge in [0, 0.05) is 27.1 Å². The van der Waals surface area contributed by atoms with E-state index in [1.807, 2.05) is 54.7 Å². The average Bonchev–Trinajstić information content (AvgIpc) is 3.23. The molecule has 116 valence electrons. The number of imidazole rings is 1. The quantitative estimate of drug-likeness (QED) is 0.470. The van der Waals surface area contributed by atoms with E-state index in [4.69, 9.17) is 0 Å². The summed E-state index contributed by atoms with van der Waals surface area (Å²) in [7, 11) is 0. The number of hydrogen-bond donors (Lipinski definition) is 1. The highest BCUT2D eigenvalue weighted by Crippen LogP contribution is 2.21. The Morgan fingerprint density at radius 2 is 2.08 bits per heavy atom. The average molecular weight is 396 g/mol. The zero-order valence-corrected chi connectivity index (χ0v) is 14.7. The molecule has 4 nitrogen and oxygen atoms in total. The van der Waals surface area contributed by atoms with Crippen LogP contribution in [-0.2, 0) is 0 Å². The lowest BCUT2D eigenvalue weighted by Gasteiger charge is -1.91. The Morgan fingerprint density at radius 1 is 1.21 bits per heavy atom. The lowest BCUT2D eigenvalue weighted by molar-refractivity contribution is 1.19. The number of hydrogen-bond acceptors (Lipinski definition) is 3. The van der Waals surface area contributed by atoms with E-state index in [0.717, 1.165) is 36.9 Å². The highest BCUT2D eigenvalue weighted by Gasteiger charge is 2.11. The van der Waals surface area contributed by atoms with E-state index in [0.29, 0.717) is 4.53 Å². The van der Waals surface area contributed by atoms with E-state index in [1.54, 1.807) is 4.40 Å². The fourth-order valence-corrected chi connectivity index (χ4v) is 4.32. The maximum atomic E-state index is 12.9. The number of aromatic nitrogens is 3. The smallest absolute Gasteiger partial charge is 0.274 e. The molecule has 0 unspecified atom stereocenters. The summed E-state index contributed by atoms with van der Waals surface area (Å²) in [4.78, 5) is 21.4. The van der Waals surface area contributed by atoms with Crippen LogP contribution in [0.3, 0.4) is 0 Å². The van der Waals surface area contributed by atoms with Gasteiger partial charge in [0.25, 0.3) is 5.56 Å². The predicted octanol–water partition coefficient (Wildman–Crippen LogP) is 3.70. The number of halogens is 1. The molecule has 0 fully saturated rings. The standard InChI is InChI=1S/C18H10BrN3OS/c19-11-5-6-14-15(8-11)22-17(23)16(24-18(22)21-14)7-10-9-20-13-4-2-1-3-12(10)13/h1-9,20H. The van der Waals surface area contributed by atoms with Gasteiger partial charge in [0.05, 0.1) is 15.6 Å². The first-order valence-corrected chi connectivity index (χ1v) is 9.00. The molecule has 0 amide bonds. The number of nitrogens with one attached hydrogen (secondary N) is 1. The number of benzene rings is 2. The summed E-state index contributed by atoms with van der Waals surface area (Å²) in [6, 6.07) is 13.8. The van der Waals surface area contributed by atoms with Crippen molar-refractivity contribution >= 4 is 60.2 Å². The van der Waals surface area contributed by atoms with Gasteiger partial charge in [-0.1, -0.05) is 45.5 Å². The van der Waals surface area contributed by atoms with Gasteiger partial charge >= 0.3 is 0 Å². The highest BCUT2D eigenvalue weighted by atomic mass is 79.9. The van der Waals surface area contributed by atoms with Gasteiger partial charge < -0.3 is 4.98 Å². The number of nitrogens with zero attached hydrogens (tertiary/aromatic N) is 2. The fraction of sp³-hybridized carbons (Fsp3) is 0. The SMILES string of the molecule is O=c1c(=Cc2c[nH]c3ccccc23)sc2nc3ccc(Br)cc3n12. The van der Waals surface area contributed by atoms with Crippen molar-refractivity contribution in [2.24, 2.45) is 0 Å². The molecule has 0 aliphatic rings. The molecule has 0 aliphatic carbocycles. The van der Waals surface area contributed by atoms with Gasteiger partial charge in [0.1, 0.15) is 0 Å². The summed E-state index contributed by atoms with van der Waals surface area (Å²) in [5, 5.41) is 1.11. The Bertz CT molecular complexity index is 1350. The maximum absolute atomic E-state index is 12.9. The second-order valence-electron chi connectivity index (χ2n) is 5.57. The molecule has 6 heteroatoms. The minimum atomic E-state index is -0.0270. The van der Waals surface area contributed by atoms with Crippen LogP contribution in [0.5, 0.6) is 0 Å². The van der Waals surface area contributed by atoms with Gasteiger partial charge in [0.2, 0.25) is 0 Å². The first-order valence-electron chi connectivity index (χ1n) is 7.39. The molecule has 0 aliphatic heterocycles. The minimum Gasteiger partial charge on any atom is -0.361 e. The van der Waals surface area contributed by atoms with Gasteiger partial charge in [-0.2, -0.15) is 0 Å². The zero-order chi connectivity index (χ0) is 16.3. The highest BCUT2D eigenvalue weighted by molar-refractivity contribution is 9.10. The number of aromatic amines is 1. The second-order valence-corrected chi connectivity index (χ2v) is 7.49. The normalized spacial score (nSPS) is 12.8. The predicted molar refractivity (Wildman–Crippen MR) is 102 cm³/mol. The van der Waals surface area contributed by atoms with Gasteiger partial charge in [0.15, 0.2) is 4.96 Å². The second kappa shape index (κ2) is 5.03. The van der Waals surface area contributed by atoms with Crippen LogP contribution in [0.25, 0.3) is 33.0 Å². The van der Waals surface area contributed by atoms with Crippen LogP contribution in [0.15, 0.2) is 57.9 Å². The maximum Gasteiger partial charge on any atom is 0.274 e. The van der Waals surface area contributed by atoms with E-state index in [9.17, 15) is 4.79 Å². The van der Waals surface area contributed by atoms with Crippen LogP contribution in [0.4, 0.5) is 0 Å². The van der Waals surface area contributed by atoms with Crippen LogP contribution < -0.4 is 10.1 Å². The number of rotatable bonds is 1. The minimum absolute atomic E-state index is 0.0270. The summed E-state index contributed by atoms with van der Waals surface area (Å²) in [6.07, 6.45) is 3.87. The number of thiazole rings is 1. The van der Waals surface area contributed by atoms with Crippen LogP contribution in [0.1, 0.15) is 5.56 Å². The third-order valence-corrected chi connectivity index (χ3v) is 5.57. The third-order valence-electron chi connectivity index (χ3n) is 4.11. The van der Waals surface area contributed by atoms with Crippen LogP contribution in [0.2, 0.25) is 0 Å². The summed E-state index contributed by atoms with van der Waals surface area (Å²) in [6.45, 7) is 0. The molecule has 0 spiro atoms. The largest absolute Gasteiger partial charge is 0.361 e. The Balaban J connectivity index is 1.82. The fourth-order valence-electron chi connectivity index (χ4n) is 2.99. The molecule has 2 aromatic carbocycles. The van der Waals surface area contributed by atoms with Crippen molar-refractivity contribution in [3.8, 4) is 0 Å². The molecular formula is C18H10BrN3OS. The monoisotopic (exact) mass is 395 g/mol. The lowest BCUT2D eigenvalue weighted by Crippen LogP contribution is -2.22. The van der Waals surface area contributed by atoms with Gasteiger partial charge in [-0.25, -0.2) is 9.38 Å². The molecule has 24 heavy (non-hydrogen) atoms. The van der Waals surface area contributed by atoms with Crippen molar-refractivity contribution in [1.29, 1.82) is 0 Å². The molecule has 0 saturated carbocycles. The van der Waals surface area contributed by atoms with Crippen molar-refractivity contribution in [3.63, 3.8) is 0 Å². The van der Waals surface area contributed by atoms with Gasteiger partial charge in [-0.3, -0.25) is 4.79 Å². The Kier molecular flexibility index (Phi) is 2.92. The molecule has 5 rings (SSSR count). The lowest BCUT2D eigenvalue weighted by atomic mass is 10.2. The molecule has 3 heterocycles. The summed E-state index contributed by atoms with van der Waals surface area (Å²) < 4.78 is 3.31. The van der Waals surface area contributed by atoms with E-state index >= 15 is 0 Å². The molecule has 5 aromatic rings. The molecule has 0 bridgehead atoms. The van der Waals surface area contributed by atoms with Crippen LogP contribution >= 0.6 is 27.3 Å². The van der Waals surface area contributed by atoms with E-state index in [1.165, 1.54) is 11.3 Å². The van der Waals surface area contributed by atoms with E-state index in [2.05, 4.69) is 25.9 Å². The Labute approximate surface area is 148 Å². The first-order chi connectivity index (χ1) is 11.7. The Morgan fingerprint density at radius 3 is 3.00 bits per heavy atom. The first kappa shape index (κ1) is 13.9. The molecule has 0 saturated heterocycles.